The highest BCUT2D eigenvalue weighted by atomic mass is 32.2. The van der Waals surface area contributed by atoms with Crippen LogP contribution in [0.15, 0.2) is 44.4 Å². The Balaban J connectivity index is 1.88. The summed E-state index contributed by atoms with van der Waals surface area (Å²) < 4.78 is 0. The summed E-state index contributed by atoms with van der Waals surface area (Å²) in [6.45, 7) is 6.95. The Morgan fingerprint density at radius 1 is 0.818 bits per heavy atom. The van der Waals surface area contributed by atoms with Gasteiger partial charge in [-0.25, -0.2) is 0 Å². The molecule has 0 aliphatic carbocycles. The third kappa shape index (κ3) is 7.31. The summed E-state index contributed by atoms with van der Waals surface area (Å²) in [5.41, 5.74) is 3.41. The predicted octanol–water partition coefficient (Wildman–Crippen LogP) is 11.2. The van der Waals surface area contributed by atoms with Crippen molar-refractivity contribution in [2.45, 2.75) is 122 Å². The van der Waals surface area contributed by atoms with Gasteiger partial charge in [0.15, 0.2) is 0 Å². The van der Waals surface area contributed by atoms with Gasteiger partial charge in [0, 0.05) is 20.4 Å². The lowest BCUT2D eigenvalue weighted by Gasteiger charge is -2.32. The lowest BCUT2D eigenvalue weighted by molar-refractivity contribution is 0.532. The van der Waals surface area contributed by atoms with Crippen molar-refractivity contribution in [1.82, 2.24) is 0 Å². The van der Waals surface area contributed by atoms with E-state index in [1.807, 2.05) is 23.1 Å². The van der Waals surface area contributed by atoms with Gasteiger partial charge in [-0.2, -0.15) is 0 Å². The quantitative estimate of drug-likeness (QED) is 0.206. The third-order valence-electron chi connectivity index (χ3n) is 7.17. The highest BCUT2D eigenvalue weighted by Crippen LogP contribution is 2.57. The van der Waals surface area contributed by atoms with Crippen LogP contribution >= 0.6 is 34.9 Å². The molecule has 184 valence electrons. The molecule has 1 aromatic rings. The molecule has 0 aromatic carbocycles. The first-order valence-corrected chi connectivity index (χ1v) is 16.5. The maximum absolute atomic E-state index is 2.60. The molecule has 0 saturated heterocycles. The number of hydrogen-bond donors (Lipinski definition) is 0. The average Bonchev–Trinajstić information content (AvgIpc) is 3.57. The van der Waals surface area contributed by atoms with Crippen LogP contribution in [0.2, 0.25) is 0 Å². The molecule has 0 bridgehead atoms. The van der Waals surface area contributed by atoms with Gasteiger partial charge < -0.3 is 0 Å². The Morgan fingerprint density at radius 3 is 2.24 bits per heavy atom. The maximum Gasteiger partial charge on any atom is 0.0560 e. The molecule has 0 N–H and O–H groups in total. The molecule has 3 heteroatoms. The van der Waals surface area contributed by atoms with Crippen molar-refractivity contribution in [3.8, 4) is 0 Å². The lowest BCUT2D eigenvalue weighted by Crippen LogP contribution is -2.24. The van der Waals surface area contributed by atoms with Crippen molar-refractivity contribution in [1.29, 1.82) is 0 Å². The van der Waals surface area contributed by atoms with E-state index in [0.29, 0.717) is 0 Å². The molecule has 1 aromatic heterocycles. The SMILES string of the molecule is CCCCCCC1=CCSC1=C1SC=CC1(CCCCCC)c1sccc1CCCCCC. The Labute approximate surface area is 217 Å². The van der Waals surface area contributed by atoms with E-state index in [9.17, 15) is 0 Å². The first kappa shape index (κ1) is 27.2. The van der Waals surface area contributed by atoms with Crippen molar-refractivity contribution >= 4 is 34.9 Å². The van der Waals surface area contributed by atoms with E-state index in [4.69, 9.17) is 0 Å². The van der Waals surface area contributed by atoms with E-state index in [1.165, 1.54) is 102 Å². The number of allylic oxidation sites excluding steroid dienone is 3. The van der Waals surface area contributed by atoms with Crippen molar-refractivity contribution < 1.29 is 0 Å². The van der Waals surface area contributed by atoms with E-state index in [-0.39, 0.29) is 5.41 Å². The van der Waals surface area contributed by atoms with Gasteiger partial charge in [0.2, 0.25) is 0 Å². The Morgan fingerprint density at radius 2 is 1.52 bits per heavy atom. The fourth-order valence-corrected chi connectivity index (χ4v) is 9.07. The zero-order valence-corrected chi connectivity index (χ0v) is 23.9. The summed E-state index contributed by atoms with van der Waals surface area (Å²) in [6.07, 6.45) is 25.1. The van der Waals surface area contributed by atoms with E-state index in [1.54, 1.807) is 25.8 Å². The van der Waals surface area contributed by atoms with Gasteiger partial charge in [-0.05, 0) is 60.1 Å². The number of thioether (sulfide) groups is 2. The summed E-state index contributed by atoms with van der Waals surface area (Å²) in [4.78, 5) is 4.97. The van der Waals surface area contributed by atoms with Crippen LogP contribution in [0.5, 0.6) is 0 Å². The summed E-state index contributed by atoms with van der Waals surface area (Å²) in [5, 5.41) is 4.80. The molecule has 0 radical (unpaired) electrons. The third-order valence-corrected chi connectivity index (χ3v) is 10.6. The molecular formula is C30H46S3. The molecule has 0 saturated carbocycles. The number of rotatable bonds is 16. The highest BCUT2D eigenvalue weighted by Gasteiger charge is 2.42. The van der Waals surface area contributed by atoms with Crippen molar-refractivity contribution in [3.05, 3.63) is 54.8 Å². The van der Waals surface area contributed by atoms with Crippen LogP contribution in [0.4, 0.5) is 0 Å². The molecule has 3 heterocycles. The molecule has 0 nitrogen and oxygen atoms in total. The van der Waals surface area contributed by atoms with Gasteiger partial charge in [-0.15, -0.1) is 34.9 Å². The fourth-order valence-electron chi connectivity index (χ4n) is 5.22. The second-order valence-corrected chi connectivity index (χ2v) is 12.7. The lowest BCUT2D eigenvalue weighted by atomic mass is 9.77. The minimum Gasteiger partial charge on any atom is -0.147 e. The number of hydrogen-bond acceptors (Lipinski definition) is 3. The molecule has 2 aliphatic heterocycles. The zero-order valence-electron chi connectivity index (χ0n) is 21.4. The van der Waals surface area contributed by atoms with Crippen LogP contribution in [0.3, 0.4) is 0 Å². The molecule has 1 unspecified atom stereocenters. The molecule has 0 fully saturated rings. The summed E-state index contributed by atoms with van der Waals surface area (Å²) in [5.74, 6) is 1.17. The topological polar surface area (TPSA) is 0 Å². The van der Waals surface area contributed by atoms with Crippen molar-refractivity contribution in [2.24, 2.45) is 0 Å². The normalized spacial score (nSPS) is 22.5. The first-order chi connectivity index (χ1) is 16.3. The van der Waals surface area contributed by atoms with Crippen LogP contribution < -0.4 is 0 Å². The largest absolute Gasteiger partial charge is 0.147 e. The van der Waals surface area contributed by atoms with Crippen LogP contribution in [0.25, 0.3) is 0 Å². The number of aryl methyl sites for hydroxylation is 1. The highest BCUT2D eigenvalue weighted by molar-refractivity contribution is 8.08. The zero-order chi connectivity index (χ0) is 23.4. The van der Waals surface area contributed by atoms with Gasteiger partial charge in [0.05, 0.1) is 5.41 Å². The van der Waals surface area contributed by atoms with Crippen LogP contribution in [-0.2, 0) is 11.8 Å². The first-order valence-electron chi connectivity index (χ1n) is 13.7. The second-order valence-electron chi connectivity index (χ2n) is 9.80. The minimum absolute atomic E-state index is 0.127. The van der Waals surface area contributed by atoms with Gasteiger partial charge in [0.25, 0.3) is 0 Å². The molecular weight excluding hydrogens is 457 g/mol. The van der Waals surface area contributed by atoms with Crippen molar-refractivity contribution in [2.75, 3.05) is 5.75 Å². The van der Waals surface area contributed by atoms with Gasteiger partial charge in [-0.3, -0.25) is 0 Å². The van der Waals surface area contributed by atoms with E-state index in [0.717, 1.165) is 0 Å². The van der Waals surface area contributed by atoms with E-state index in [2.05, 4.69) is 61.5 Å². The van der Waals surface area contributed by atoms with Crippen LogP contribution in [0, 0.1) is 0 Å². The maximum atomic E-state index is 2.60. The van der Waals surface area contributed by atoms with E-state index < -0.39 is 0 Å². The summed E-state index contributed by atoms with van der Waals surface area (Å²) >= 11 is 6.19. The molecule has 0 amide bonds. The predicted molar refractivity (Wildman–Crippen MR) is 156 cm³/mol. The van der Waals surface area contributed by atoms with Gasteiger partial charge in [0.1, 0.15) is 0 Å². The van der Waals surface area contributed by atoms with Crippen molar-refractivity contribution in [3.63, 3.8) is 0 Å². The Kier molecular flexibility index (Phi) is 12.3. The van der Waals surface area contributed by atoms with Crippen LogP contribution in [0.1, 0.15) is 121 Å². The summed E-state index contributed by atoms with van der Waals surface area (Å²) in [7, 11) is 0. The van der Waals surface area contributed by atoms with Gasteiger partial charge >= 0.3 is 0 Å². The van der Waals surface area contributed by atoms with E-state index >= 15 is 0 Å². The molecule has 1 atom stereocenters. The Bertz CT molecular complexity index is 797. The average molecular weight is 503 g/mol. The van der Waals surface area contributed by atoms with Crippen LogP contribution in [-0.4, -0.2) is 5.75 Å². The Hall–Kier alpha value is -0.380. The fraction of sp³-hybridized carbons (Fsp3) is 0.667. The van der Waals surface area contributed by atoms with Gasteiger partial charge in [-0.1, -0.05) is 97.1 Å². The molecule has 33 heavy (non-hydrogen) atoms. The second kappa shape index (κ2) is 14.9. The molecule has 3 rings (SSSR count). The number of thiophene rings is 1. The molecule has 0 spiro atoms. The standard InChI is InChI=1S/C30H46S3/c1-4-7-10-13-16-25-18-22-31-27(25)29-30(21-24-33-29,20-15-12-9-6-3)28-26(19-23-32-28)17-14-11-8-5-2/h18-19,21,23-24H,4-17,20,22H2,1-3H3. The minimum atomic E-state index is 0.127. The smallest absolute Gasteiger partial charge is 0.0560 e. The monoisotopic (exact) mass is 502 g/mol. The number of unbranched alkanes of at least 4 members (excludes halogenated alkanes) is 9. The molecule has 2 aliphatic rings. The summed E-state index contributed by atoms with van der Waals surface area (Å²) in [6, 6.07) is 2.45.